The van der Waals surface area contributed by atoms with Gasteiger partial charge in [-0.3, -0.25) is 4.90 Å². The third kappa shape index (κ3) is 2.46. The van der Waals surface area contributed by atoms with Crippen LogP contribution < -0.4 is 4.90 Å². The van der Waals surface area contributed by atoms with E-state index >= 15 is 0 Å². The summed E-state index contributed by atoms with van der Waals surface area (Å²) in [4.78, 5) is 13.6. The molecule has 3 heterocycles. The molecule has 3 rings (SSSR count). The van der Waals surface area contributed by atoms with Gasteiger partial charge in [0, 0.05) is 38.4 Å². The van der Waals surface area contributed by atoms with Crippen molar-refractivity contribution in [3.05, 3.63) is 12.3 Å². The number of morpholine rings is 1. The molecule has 0 N–H and O–H groups in total. The first-order valence-electron chi connectivity index (χ1n) is 6.30. The summed E-state index contributed by atoms with van der Waals surface area (Å²) < 4.78 is 5.38. The first kappa shape index (κ1) is 12.2. The predicted molar refractivity (Wildman–Crippen MR) is 72.2 cm³/mol. The van der Waals surface area contributed by atoms with E-state index in [9.17, 15) is 0 Å². The molecule has 0 unspecified atom stereocenters. The van der Waals surface area contributed by atoms with Gasteiger partial charge < -0.3 is 9.64 Å². The summed E-state index contributed by atoms with van der Waals surface area (Å²) in [5.74, 6) is 1.05. The molecule has 6 heteroatoms. The lowest BCUT2D eigenvalue weighted by molar-refractivity contribution is 0.0104. The van der Waals surface area contributed by atoms with Crippen molar-refractivity contribution in [1.29, 1.82) is 0 Å². The van der Waals surface area contributed by atoms with Crippen molar-refractivity contribution >= 4 is 17.6 Å². The zero-order chi connectivity index (χ0) is 12.4. The standard InChI is InChI=1S/C12H18N4OS/c1-18-12-13-3-2-11(14-12)16-8-10(9-16)15-4-6-17-7-5-15/h2-3,10H,4-9H2,1H3. The van der Waals surface area contributed by atoms with Crippen LogP contribution in [-0.2, 0) is 4.74 Å². The van der Waals surface area contributed by atoms with Gasteiger partial charge in [0.05, 0.1) is 13.2 Å². The van der Waals surface area contributed by atoms with Crippen LogP contribution in [0.15, 0.2) is 17.4 Å². The van der Waals surface area contributed by atoms with Gasteiger partial charge in [0.2, 0.25) is 0 Å². The van der Waals surface area contributed by atoms with Crippen LogP contribution in [0.5, 0.6) is 0 Å². The number of thioether (sulfide) groups is 1. The quantitative estimate of drug-likeness (QED) is 0.593. The Morgan fingerprint density at radius 3 is 2.83 bits per heavy atom. The van der Waals surface area contributed by atoms with Gasteiger partial charge in [0.25, 0.3) is 0 Å². The topological polar surface area (TPSA) is 41.5 Å². The van der Waals surface area contributed by atoms with E-state index in [1.54, 1.807) is 11.8 Å². The summed E-state index contributed by atoms with van der Waals surface area (Å²) in [6, 6.07) is 2.66. The molecule has 0 radical (unpaired) electrons. The van der Waals surface area contributed by atoms with E-state index in [0.29, 0.717) is 6.04 Å². The first-order valence-corrected chi connectivity index (χ1v) is 7.53. The van der Waals surface area contributed by atoms with E-state index in [0.717, 1.165) is 50.4 Å². The van der Waals surface area contributed by atoms with Gasteiger partial charge in [0.15, 0.2) is 5.16 Å². The molecule has 98 valence electrons. The predicted octanol–water partition coefficient (Wildman–Crippen LogP) is 0.719. The third-order valence-corrected chi connectivity index (χ3v) is 4.11. The Bertz CT molecular complexity index is 405. The number of aromatic nitrogens is 2. The minimum absolute atomic E-state index is 0.668. The fourth-order valence-electron chi connectivity index (χ4n) is 2.42. The average Bonchev–Trinajstić information content (AvgIpc) is 2.39. The molecule has 0 spiro atoms. The number of hydrogen-bond donors (Lipinski definition) is 0. The molecule has 2 aliphatic heterocycles. The van der Waals surface area contributed by atoms with E-state index in [4.69, 9.17) is 4.74 Å². The Labute approximate surface area is 112 Å². The molecule has 0 amide bonds. The maximum Gasteiger partial charge on any atom is 0.189 e. The van der Waals surface area contributed by atoms with Crippen molar-refractivity contribution in [3.63, 3.8) is 0 Å². The molecule has 0 atom stereocenters. The molecule has 1 aromatic rings. The molecule has 2 fully saturated rings. The van der Waals surface area contributed by atoms with Gasteiger partial charge in [0.1, 0.15) is 5.82 Å². The van der Waals surface area contributed by atoms with Crippen molar-refractivity contribution < 1.29 is 4.74 Å². The van der Waals surface area contributed by atoms with Gasteiger partial charge >= 0.3 is 0 Å². The van der Waals surface area contributed by atoms with Gasteiger partial charge in [-0.2, -0.15) is 0 Å². The zero-order valence-corrected chi connectivity index (χ0v) is 11.4. The highest BCUT2D eigenvalue weighted by molar-refractivity contribution is 7.98. The van der Waals surface area contributed by atoms with E-state index in [1.807, 2.05) is 18.5 Å². The maximum atomic E-state index is 5.38. The fraction of sp³-hybridized carbons (Fsp3) is 0.667. The second kappa shape index (κ2) is 5.42. The van der Waals surface area contributed by atoms with Crippen LogP contribution in [0.2, 0.25) is 0 Å². The molecular formula is C12H18N4OS. The minimum atomic E-state index is 0.668. The maximum absolute atomic E-state index is 5.38. The molecule has 2 aliphatic rings. The molecule has 5 nitrogen and oxygen atoms in total. The third-order valence-electron chi connectivity index (χ3n) is 3.55. The number of rotatable bonds is 3. The van der Waals surface area contributed by atoms with Crippen molar-refractivity contribution in [2.75, 3.05) is 50.5 Å². The molecule has 0 bridgehead atoms. The van der Waals surface area contributed by atoms with Crippen LogP contribution in [0.1, 0.15) is 0 Å². The van der Waals surface area contributed by atoms with Crippen molar-refractivity contribution in [2.45, 2.75) is 11.2 Å². The van der Waals surface area contributed by atoms with Gasteiger partial charge in [-0.05, 0) is 12.3 Å². The number of ether oxygens (including phenoxy) is 1. The Morgan fingerprint density at radius 1 is 1.33 bits per heavy atom. The van der Waals surface area contributed by atoms with Crippen LogP contribution in [0.4, 0.5) is 5.82 Å². The van der Waals surface area contributed by atoms with Crippen LogP contribution in [0.3, 0.4) is 0 Å². The van der Waals surface area contributed by atoms with E-state index in [2.05, 4.69) is 19.8 Å². The summed E-state index contributed by atoms with van der Waals surface area (Å²) in [5, 5.41) is 0.849. The van der Waals surface area contributed by atoms with Crippen molar-refractivity contribution in [2.24, 2.45) is 0 Å². The lowest BCUT2D eigenvalue weighted by Gasteiger charge is -2.47. The van der Waals surface area contributed by atoms with Crippen LogP contribution in [0, 0.1) is 0 Å². The van der Waals surface area contributed by atoms with Gasteiger partial charge in [-0.1, -0.05) is 11.8 Å². The van der Waals surface area contributed by atoms with Crippen molar-refractivity contribution in [3.8, 4) is 0 Å². The van der Waals surface area contributed by atoms with Gasteiger partial charge in [-0.25, -0.2) is 9.97 Å². The summed E-state index contributed by atoms with van der Waals surface area (Å²) in [6.45, 7) is 6.04. The van der Waals surface area contributed by atoms with Crippen LogP contribution in [0.25, 0.3) is 0 Å². The van der Waals surface area contributed by atoms with Crippen molar-refractivity contribution in [1.82, 2.24) is 14.9 Å². The largest absolute Gasteiger partial charge is 0.379 e. The Balaban J connectivity index is 1.57. The second-order valence-corrected chi connectivity index (χ2v) is 5.38. The lowest BCUT2D eigenvalue weighted by Crippen LogP contribution is -2.61. The molecule has 0 saturated carbocycles. The summed E-state index contributed by atoms with van der Waals surface area (Å²) in [7, 11) is 0. The average molecular weight is 266 g/mol. The molecule has 18 heavy (non-hydrogen) atoms. The smallest absolute Gasteiger partial charge is 0.189 e. The van der Waals surface area contributed by atoms with Crippen LogP contribution in [-0.4, -0.2) is 66.6 Å². The van der Waals surface area contributed by atoms with E-state index in [-0.39, 0.29) is 0 Å². The highest BCUT2D eigenvalue weighted by atomic mass is 32.2. The highest BCUT2D eigenvalue weighted by Crippen LogP contribution is 2.23. The Hall–Kier alpha value is -0.850. The van der Waals surface area contributed by atoms with Gasteiger partial charge in [-0.15, -0.1) is 0 Å². The zero-order valence-electron chi connectivity index (χ0n) is 10.6. The lowest BCUT2D eigenvalue weighted by atomic mass is 10.1. The number of hydrogen-bond acceptors (Lipinski definition) is 6. The highest BCUT2D eigenvalue weighted by Gasteiger charge is 2.33. The molecule has 0 aromatic carbocycles. The molecular weight excluding hydrogens is 248 g/mol. The van der Waals surface area contributed by atoms with E-state index < -0.39 is 0 Å². The number of nitrogens with zero attached hydrogens (tertiary/aromatic N) is 4. The second-order valence-electron chi connectivity index (χ2n) is 4.61. The first-order chi connectivity index (χ1) is 8.86. The monoisotopic (exact) mass is 266 g/mol. The molecule has 0 aliphatic carbocycles. The Kier molecular flexibility index (Phi) is 3.67. The Morgan fingerprint density at radius 2 is 2.11 bits per heavy atom. The van der Waals surface area contributed by atoms with E-state index in [1.165, 1.54) is 0 Å². The SMILES string of the molecule is CSc1nccc(N2CC(N3CCOCC3)C2)n1. The normalized spacial score (nSPS) is 21.9. The minimum Gasteiger partial charge on any atom is -0.379 e. The fourth-order valence-corrected chi connectivity index (χ4v) is 2.77. The number of anilines is 1. The molecule has 1 aromatic heterocycles. The summed E-state index contributed by atoms with van der Waals surface area (Å²) >= 11 is 1.59. The summed E-state index contributed by atoms with van der Waals surface area (Å²) in [6.07, 6.45) is 3.85. The summed E-state index contributed by atoms with van der Waals surface area (Å²) in [5.41, 5.74) is 0. The van der Waals surface area contributed by atoms with Crippen LogP contribution >= 0.6 is 11.8 Å². The molecule has 2 saturated heterocycles.